The summed E-state index contributed by atoms with van der Waals surface area (Å²) in [5.74, 6) is 0.537. The Bertz CT molecular complexity index is 937. The van der Waals surface area contributed by atoms with Crippen LogP contribution in [0, 0.1) is 0 Å². The zero-order chi connectivity index (χ0) is 21.5. The van der Waals surface area contributed by atoms with E-state index in [1.807, 2.05) is 43.3 Å². The van der Waals surface area contributed by atoms with E-state index in [-0.39, 0.29) is 24.1 Å². The number of carbonyl (C=O) groups is 2. The first kappa shape index (κ1) is 21.4. The molecule has 2 amide bonds. The van der Waals surface area contributed by atoms with E-state index in [2.05, 4.69) is 5.32 Å². The number of rotatable bonds is 10. The maximum Gasteiger partial charge on any atom is 0.278 e. The van der Waals surface area contributed by atoms with Crippen LogP contribution in [0.5, 0.6) is 11.5 Å². The van der Waals surface area contributed by atoms with Crippen LogP contribution < -0.4 is 14.8 Å². The molecule has 1 aliphatic heterocycles. The fourth-order valence-corrected chi connectivity index (χ4v) is 3.31. The van der Waals surface area contributed by atoms with Crippen molar-refractivity contribution in [1.29, 1.82) is 0 Å². The smallest absolute Gasteiger partial charge is 0.278 e. The zero-order valence-corrected chi connectivity index (χ0v) is 17.4. The predicted octanol–water partition coefficient (Wildman–Crippen LogP) is 3.32. The van der Waals surface area contributed by atoms with Crippen molar-refractivity contribution in [3.05, 3.63) is 59.8 Å². The van der Waals surface area contributed by atoms with E-state index in [1.54, 1.807) is 19.2 Å². The van der Waals surface area contributed by atoms with E-state index in [9.17, 15) is 9.59 Å². The highest BCUT2D eigenvalue weighted by atomic mass is 16.5. The third-order valence-electron chi connectivity index (χ3n) is 4.71. The third-order valence-corrected chi connectivity index (χ3v) is 4.71. The number of hydrogen-bond donors (Lipinski definition) is 1. The summed E-state index contributed by atoms with van der Waals surface area (Å²) in [5, 5.41) is 3.14. The third kappa shape index (κ3) is 4.46. The van der Waals surface area contributed by atoms with Gasteiger partial charge in [0.05, 0.1) is 19.3 Å². The summed E-state index contributed by atoms with van der Waals surface area (Å²) in [4.78, 5) is 27.6. The zero-order valence-electron chi connectivity index (χ0n) is 17.4. The quantitative estimate of drug-likeness (QED) is 0.478. The number of para-hydroxylation sites is 1. The number of carbonyl (C=O) groups excluding carboxylic acids is 2. The standard InChI is InChI=1S/C23H26N2O5/c1-4-30-17-12-10-16(11-13-17)24-21-20(18-8-5-6-9-19(18)29-3)22(26)25(23(21)27)14-7-15-28-2/h5-6,8-13,24H,4,7,14-15H2,1-3H3. The molecule has 3 rings (SSSR count). The Labute approximate surface area is 176 Å². The van der Waals surface area contributed by atoms with Crippen LogP contribution in [0.15, 0.2) is 54.2 Å². The van der Waals surface area contributed by atoms with E-state index in [0.29, 0.717) is 42.2 Å². The largest absolute Gasteiger partial charge is 0.496 e. The molecule has 7 nitrogen and oxygen atoms in total. The molecule has 30 heavy (non-hydrogen) atoms. The molecule has 0 aromatic heterocycles. The lowest BCUT2D eigenvalue weighted by atomic mass is 10.0. The molecular formula is C23H26N2O5. The van der Waals surface area contributed by atoms with E-state index in [0.717, 1.165) is 5.75 Å². The molecule has 0 aliphatic carbocycles. The van der Waals surface area contributed by atoms with Crippen molar-refractivity contribution >= 4 is 23.1 Å². The monoisotopic (exact) mass is 410 g/mol. The average Bonchev–Trinajstić information content (AvgIpc) is 2.99. The van der Waals surface area contributed by atoms with E-state index in [1.165, 1.54) is 12.0 Å². The average molecular weight is 410 g/mol. The van der Waals surface area contributed by atoms with Gasteiger partial charge in [-0.3, -0.25) is 14.5 Å². The normalized spacial score (nSPS) is 13.8. The van der Waals surface area contributed by atoms with Crippen LogP contribution in [0.2, 0.25) is 0 Å². The Morgan fingerprint density at radius 2 is 1.70 bits per heavy atom. The summed E-state index contributed by atoms with van der Waals surface area (Å²) in [6.45, 7) is 3.22. The van der Waals surface area contributed by atoms with Gasteiger partial charge in [0.2, 0.25) is 0 Å². The highest BCUT2D eigenvalue weighted by Gasteiger charge is 2.39. The summed E-state index contributed by atoms with van der Waals surface area (Å²) in [7, 11) is 3.13. The van der Waals surface area contributed by atoms with Gasteiger partial charge in [-0.05, 0) is 43.7 Å². The Balaban J connectivity index is 1.99. The topological polar surface area (TPSA) is 77.1 Å². The van der Waals surface area contributed by atoms with Gasteiger partial charge in [-0.1, -0.05) is 18.2 Å². The van der Waals surface area contributed by atoms with Gasteiger partial charge in [-0.25, -0.2) is 0 Å². The van der Waals surface area contributed by atoms with Gasteiger partial charge in [-0.15, -0.1) is 0 Å². The van der Waals surface area contributed by atoms with Crippen molar-refractivity contribution in [3.63, 3.8) is 0 Å². The molecule has 7 heteroatoms. The second-order valence-electron chi connectivity index (χ2n) is 6.64. The first-order valence-corrected chi connectivity index (χ1v) is 9.83. The lowest BCUT2D eigenvalue weighted by Gasteiger charge is -2.15. The highest BCUT2D eigenvalue weighted by molar-refractivity contribution is 6.37. The van der Waals surface area contributed by atoms with Crippen LogP contribution in [0.1, 0.15) is 18.9 Å². The first-order valence-electron chi connectivity index (χ1n) is 9.83. The molecule has 0 unspecified atom stereocenters. The number of imide groups is 1. The predicted molar refractivity (Wildman–Crippen MR) is 114 cm³/mol. The number of anilines is 1. The molecule has 1 heterocycles. The van der Waals surface area contributed by atoms with Crippen LogP contribution >= 0.6 is 0 Å². The molecule has 0 saturated carbocycles. The molecule has 2 aromatic carbocycles. The number of hydrogen-bond acceptors (Lipinski definition) is 6. The molecule has 0 saturated heterocycles. The SMILES string of the molecule is CCOc1ccc(NC2=C(c3ccccc3OC)C(=O)N(CCCOC)C2=O)cc1. The Morgan fingerprint density at radius 1 is 0.967 bits per heavy atom. The van der Waals surface area contributed by atoms with Gasteiger partial charge < -0.3 is 19.5 Å². The second kappa shape index (κ2) is 9.93. The van der Waals surface area contributed by atoms with Crippen molar-refractivity contribution in [1.82, 2.24) is 4.90 Å². The molecule has 1 N–H and O–H groups in total. The van der Waals surface area contributed by atoms with Gasteiger partial charge in [0.15, 0.2) is 0 Å². The van der Waals surface area contributed by atoms with Gasteiger partial charge in [0, 0.05) is 31.5 Å². The summed E-state index contributed by atoms with van der Waals surface area (Å²) in [6.07, 6.45) is 0.559. The minimum Gasteiger partial charge on any atom is -0.496 e. The molecule has 0 fully saturated rings. The maximum absolute atomic E-state index is 13.2. The van der Waals surface area contributed by atoms with Gasteiger partial charge >= 0.3 is 0 Å². The Hall–Kier alpha value is -3.32. The lowest BCUT2D eigenvalue weighted by Crippen LogP contribution is -2.33. The molecule has 0 bridgehead atoms. The number of nitrogens with zero attached hydrogens (tertiary/aromatic N) is 1. The number of methoxy groups -OCH3 is 2. The second-order valence-corrected chi connectivity index (χ2v) is 6.64. The first-order chi connectivity index (χ1) is 14.6. The number of benzene rings is 2. The Kier molecular flexibility index (Phi) is 7.08. The summed E-state index contributed by atoms with van der Waals surface area (Å²) in [6, 6.07) is 14.4. The highest BCUT2D eigenvalue weighted by Crippen LogP contribution is 2.35. The summed E-state index contributed by atoms with van der Waals surface area (Å²) >= 11 is 0. The van der Waals surface area contributed by atoms with Crippen molar-refractivity contribution in [3.8, 4) is 11.5 Å². The van der Waals surface area contributed by atoms with Crippen molar-refractivity contribution in [2.45, 2.75) is 13.3 Å². The molecule has 1 aliphatic rings. The van der Waals surface area contributed by atoms with Gasteiger partial charge in [-0.2, -0.15) is 0 Å². The minimum atomic E-state index is -0.370. The van der Waals surface area contributed by atoms with E-state index < -0.39 is 0 Å². The van der Waals surface area contributed by atoms with Crippen molar-refractivity contribution < 1.29 is 23.8 Å². The fraction of sp³-hybridized carbons (Fsp3) is 0.304. The molecule has 0 radical (unpaired) electrons. The van der Waals surface area contributed by atoms with Crippen molar-refractivity contribution in [2.75, 3.05) is 39.3 Å². The molecule has 0 atom stereocenters. The van der Waals surface area contributed by atoms with E-state index in [4.69, 9.17) is 14.2 Å². The number of amides is 2. The van der Waals surface area contributed by atoms with Crippen LogP contribution in [0.25, 0.3) is 5.57 Å². The Morgan fingerprint density at radius 3 is 2.37 bits per heavy atom. The van der Waals surface area contributed by atoms with Gasteiger partial charge in [0.1, 0.15) is 17.2 Å². The minimum absolute atomic E-state index is 0.228. The van der Waals surface area contributed by atoms with Crippen LogP contribution in [-0.4, -0.2) is 50.7 Å². The van der Waals surface area contributed by atoms with Gasteiger partial charge in [0.25, 0.3) is 11.8 Å². The number of ether oxygens (including phenoxy) is 3. The summed E-state index contributed by atoms with van der Waals surface area (Å²) < 4.78 is 16.0. The molecular weight excluding hydrogens is 384 g/mol. The fourth-order valence-electron chi connectivity index (χ4n) is 3.31. The summed E-state index contributed by atoms with van der Waals surface area (Å²) in [5.41, 5.74) is 1.77. The molecule has 158 valence electrons. The lowest BCUT2D eigenvalue weighted by molar-refractivity contribution is -0.137. The van der Waals surface area contributed by atoms with Crippen LogP contribution in [0.3, 0.4) is 0 Å². The molecule has 0 spiro atoms. The molecule has 2 aromatic rings. The van der Waals surface area contributed by atoms with E-state index >= 15 is 0 Å². The van der Waals surface area contributed by atoms with Crippen LogP contribution in [-0.2, 0) is 14.3 Å². The van der Waals surface area contributed by atoms with Crippen molar-refractivity contribution in [2.24, 2.45) is 0 Å². The maximum atomic E-state index is 13.2. The number of nitrogens with one attached hydrogen (secondary N) is 1. The van der Waals surface area contributed by atoms with Crippen LogP contribution in [0.4, 0.5) is 5.69 Å².